The van der Waals surface area contributed by atoms with Crippen molar-refractivity contribution in [1.82, 2.24) is 9.21 Å². The predicted molar refractivity (Wildman–Crippen MR) is 79.6 cm³/mol. The van der Waals surface area contributed by atoms with Crippen LogP contribution in [0, 0.1) is 12.1 Å². The molecule has 9 nitrogen and oxygen atoms in total. The number of carbonyl (C=O) groups excluding carboxylic acids is 1. The minimum absolute atomic E-state index is 0.0874. The molecule has 0 radical (unpaired) electrons. The molecule has 0 unspecified atom stereocenters. The maximum absolute atomic E-state index is 12.5. The van der Waals surface area contributed by atoms with Gasteiger partial charge < -0.3 is 14.9 Å². The normalized spacial score (nSPS) is 16.6. The molecule has 0 spiro atoms. The molecular weight excluding hydrogens is 324 g/mol. The van der Waals surface area contributed by atoms with Gasteiger partial charge in [0.15, 0.2) is 5.28 Å². The highest BCUT2D eigenvalue weighted by Crippen LogP contribution is 2.19. The Hall–Kier alpha value is -2.20. The highest BCUT2D eigenvalue weighted by molar-refractivity contribution is 7.89. The number of nitrogens with zero attached hydrogens (tertiary/aromatic N) is 4. The summed E-state index contributed by atoms with van der Waals surface area (Å²) in [6, 6.07) is 6.50. The molecule has 0 bridgehead atoms. The predicted octanol–water partition coefficient (Wildman–Crippen LogP) is 0.309. The van der Waals surface area contributed by atoms with Crippen LogP contribution in [0.5, 0.6) is 0 Å². The van der Waals surface area contributed by atoms with Gasteiger partial charge in [-0.25, -0.2) is 8.42 Å². The van der Waals surface area contributed by atoms with Crippen LogP contribution in [-0.4, -0.2) is 61.8 Å². The van der Waals surface area contributed by atoms with Gasteiger partial charge in [-0.15, -0.1) is 0 Å². The van der Waals surface area contributed by atoms with Gasteiger partial charge in [0.25, 0.3) is 12.5 Å². The van der Waals surface area contributed by atoms with E-state index in [1.165, 1.54) is 28.4 Å². The van der Waals surface area contributed by atoms with Crippen LogP contribution < -0.4 is 0 Å². The number of hydrogen-bond donors (Lipinski definition) is 0. The summed E-state index contributed by atoms with van der Waals surface area (Å²) in [6.45, 7) is 1.67. The lowest BCUT2D eigenvalue weighted by Crippen LogP contribution is -2.37. The first-order valence-electron chi connectivity index (χ1n) is 6.88. The number of benzene rings is 1. The standard InChI is InChI=1S/C13H18N4O5S/c1-11-3-5-12(6-4-11)23(20,21)16-8-7-15(10-16)13(18)9-17(19)14-22-2/h3-6H,7-10H2,1-2H3/b17-14-. The fourth-order valence-corrected chi connectivity index (χ4v) is 3.55. The summed E-state index contributed by atoms with van der Waals surface area (Å²) in [5.41, 5.74) is 0.958. The average molecular weight is 342 g/mol. The molecule has 10 heteroatoms. The van der Waals surface area contributed by atoms with Crippen LogP contribution in [0.15, 0.2) is 34.4 Å². The van der Waals surface area contributed by atoms with Crippen LogP contribution in [0.3, 0.4) is 0 Å². The molecule has 0 aromatic heterocycles. The third kappa shape index (κ3) is 3.96. The number of aryl methyl sites for hydroxylation is 1. The van der Waals surface area contributed by atoms with Gasteiger partial charge in [-0.05, 0) is 23.9 Å². The van der Waals surface area contributed by atoms with Gasteiger partial charge >= 0.3 is 0 Å². The van der Waals surface area contributed by atoms with Crippen molar-refractivity contribution in [1.29, 1.82) is 0 Å². The summed E-state index contributed by atoms with van der Waals surface area (Å²) in [4.78, 5) is 17.8. The number of amides is 1. The third-order valence-corrected chi connectivity index (χ3v) is 5.25. The van der Waals surface area contributed by atoms with Crippen LogP contribution in [0.25, 0.3) is 0 Å². The number of rotatable bonds is 5. The second kappa shape index (κ2) is 6.92. The Bertz CT molecular complexity index is 702. The summed E-state index contributed by atoms with van der Waals surface area (Å²) in [5, 5.41) is 14.2. The van der Waals surface area contributed by atoms with Gasteiger partial charge in [0.05, 0.1) is 11.6 Å². The van der Waals surface area contributed by atoms with Crippen molar-refractivity contribution in [2.75, 3.05) is 33.4 Å². The average Bonchev–Trinajstić information content (AvgIpc) is 2.98. The largest absolute Gasteiger partial charge is 0.597 e. The van der Waals surface area contributed by atoms with E-state index in [1.54, 1.807) is 12.1 Å². The van der Waals surface area contributed by atoms with E-state index >= 15 is 0 Å². The van der Waals surface area contributed by atoms with E-state index < -0.39 is 22.5 Å². The molecule has 0 aliphatic carbocycles. The Morgan fingerprint density at radius 2 is 2.00 bits per heavy atom. The Morgan fingerprint density at radius 3 is 2.61 bits per heavy atom. The molecule has 1 saturated heterocycles. The van der Waals surface area contributed by atoms with Crippen molar-refractivity contribution in [3.05, 3.63) is 35.0 Å². The zero-order valence-corrected chi connectivity index (χ0v) is 13.7. The lowest BCUT2D eigenvalue weighted by atomic mass is 10.2. The number of hydrogen-bond acceptors (Lipinski definition) is 6. The second-order valence-electron chi connectivity index (χ2n) is 5.07. The van der Waals surface area contributed by atoms with Crippen LogP contribution in [-0.2, 0) is 19.7 Å². The summed E-state index contributed by atoms with van der Waals surface area (Å²) >= 11 is 0. The quantitative estimate of drug-likeness (QED) is 0.435. The first-order valence-corrected chi connectivity index (χ1v) is 8.32. The van der Waals surface area contributed by atoms with E-state index in [-0.39, 0.29) is 29.5 Å². The molecule has 23 heavy (non-hydrogen) atoms. The number of sulfonamides is 1. The van der Waals surface area contributed by atoms with Crippen molar-refractivity contribution < 1.29 is 22.9 Å². The first-order chi connectivity index (χ1) is 10.8. The monoisotopic (exact) mass is 342 g/mol. The van der Waals surface area contributed by atoms with Crippen LogP contribution in [0.2, 0.25) is 0 Å². The van der Waals surface area contributed by atoms with Crippen molar-refractivity contribution in [3.63, 3.8) is 0 Å². The summed E-state index contributed by atoms with van der Waals surface area (Å²) < 4.78 is 26.2. The van der Waals surface area contributed by atoms with E-state index in [4.69, 9.17) is 0 Å². The zero-order valence-electron chi connectivity index (χ0n) is 12.9. The smallest absolute Gasteiger partial charge is 0.293 e. The molecule has 0 atom stereocenters. The van der Waals surface area contributed by atoms with Crippen LogP contribution >= 0.6 is 0 Å². The van der Waals surface area contributed by atoms with E-state index in [1.807, 2.05) is 6.92 Å². The molecule has 1 aliphatic rings. The number of hydroxylamine groups is 1. The van der Waals surface area contributed by atoms with E-state index in [2.05, 4.69) is 10.1 Å². The molecule has 1 heterocycles. The Morgan fingerprint density at radius 1 is 1.35 bits per heavy atom. The molecule has 2 rings (SSSR count). The third-order valence-electron chi connectivity index (χ3n) is 3.40. The van der Waals surface area contributed by atoms with Gasteiger partial charge in [-0.3, -0.25) is 4.79 Å². The molecule has 0 saturated carbocycles. The molecule has 1 amide bonds. The van der Waals surface area contributed by atoms with E-state index in [9.17, 15) is 18.4 Å². The second-order valence-corrected chi connectivity index (χ2v) is 7.00. The highest BCUT2D eigenvalue weighted by Gasteiger charge is 2.34. The van der Waals surface area contributed by atoms with E-state index in [0.717, 1.165) is 5.56 Å². The Labute approximate surface area is 134 Å². The van der Waals surface area contributed by atoms with Gasteiger partial charge in [-0.1, -0.05) is 17.7 Å². The first kappa shape index (κ1) is 17.2. The fourth-order valence-electron chi connectivity index (χ4n) is 2.16. The minimum Gasteiger partial charge on any atom is -0.597 e. The maximum atomic E-state index is 12.5. The molecule has 1 fully saturated rings. The molecule has 0 N–H and O–H groups in total. The maximum Gasteiger partial charge on any atom is 0.293 e. The minimum atomic E-state index is -3.66. The van der Waals surface area contributed by atoms with Gasteiger partial charge in [0.2, 0.25) is 10.0 Å². The summed E-state index contributed by atoms with van der Waals surface area (Å²) in [7, 11) is -2.47. The molecular formula is C13H18N4O5S. The zero-order chi connectivity index (χ0) is 17.0. The lowest BCUT2D eigenvalue weighted by molar-refractivity contribution is -0.547. The molecule has 1 aromatic rings. The summed E-state index contributed by atoms with van der Waals surface area (Å²) in [5.74, 6) is -0.512. The fraction of sp³-hybridized carbons (Fsp3) is 0.462. The topological polar surface area (TPSA) is 105 Å². The van der Waals surface area contributed by atoms with Gasteiger partial charge in [0, 0.05) is 13.1 Å². The van der Waals surface area contributed by atoms with Gasteiger partial charge in [0.1, 0.15) is 7.11 Å². The number of carbonyl (C=O) groups is 1. The van der Waals surface area contributed by atoms with Gasteiger partial charge in [-0.2, -0.15) is 4.31 Å². The summed E-state index contributed by atoms with van der Waals surface area (Å²) in [6.07, 6.45) is 0. The van der Waals surface area contributed by atoms with Crippen molar-refractivity contribution >= 4 is 15.9 Å². The van der Waals surface area contributed by atoms with Crippen molar-refractivity contribution in [2.24, 2.45) is 5.28 Å². The molecule has 1 aliphatic heterocycles. The Balaban J connectivity index is 2.05. The molecule has 126 valence electrons. The van der Waals surface area contributed by atoms with Crippen LogP contribution in [0.4, 0.5) is 0 Å². The van der Waals surface area contributed by atoms with Crippen molar-refractivity contribution in [2.45, 2.75) is 11.8 Å². The highest BCUT2D eigenvalue weighted by atomic mass is 32.2. The van der Waals surface area contributed by atoms with Crippen molar-refractivity contribution in [3.8, 4) is 0 Å². The van der Waals surface area contributed by atoms with E-state index in [0.29, 0.717) is 0 Å². The molecule has 1 aromatic carbocycles. The van der Waals surface area contributed by atoms with Crippen LogP contribution in [0.1, 0.15) is 5.56 Å². The Kier molecular flexibility index (Phi) is 5.16. The SMILES string of the molecule is CO/N=[N+](\[O-])CC(=O)N1CCN(S(=O)(=O)c2ccc(C)cc2)C1. The lowest BCUT2D eigenvalue weighted by Gasteiger charge is -2.17.